The predicted molar refractivity (Wildman–Crippen MR) is 70.1 cm³/mol. The summed E-state index contributed by atoms with van der Waals surface area (Å²) in [6.45, 7) is 1.91. The number of nitrogens with zero attached hydrogens (tertiary/aromatic N) is 2. The highest BCUT2D eigenvalue weighted by molar-refractivity contribution is 5.94. The van der Waals surface area contributed by atoms with Crippen LogP contribution in [-0.4, -0.2) is 45.2 Å². The number of aromatic nitrogens is 2. The fourth-order valence-electron chi connectivity index (χ4n) is 1.84. The second-order valence-electron chi connectivity index (χ2n) is 4.26. The van der Waals surface area contributed by atoms with Gasteiger partial charge in [0.15, 0.2) is 11.5 Å². The van der Waals surface area contributed by atoms with Gasteiger partial charge in [-0.05, 0) is 18.6 Å². The molecule has 0 aliphatic rings. The van der Waals surface area contributed by atoms with Crippen LogP contribution >= 0.6 is 0 Å². The zero-order chi connectivity index (χ0) is 14.5. The molecule has 20 heavy (non-hydrogen) atoms. The van der Waals surface area contributed by atoms with Gasteiger partial charge in [-0.15, -0.1) is 0 Å². The highest BCUT2D eigenvalue weighted by atomic mass is 16.4. The maximum absolute atomic E-state index is 12.2. The molecule has 2 heterocycles. The Morgan fingerprint density at radius 2 is 2.30 bits per heavy atom. The number of hydrogen-bond acceptors (Lipinski definition) is 4. The fourth-order valence-corrected chi connectivity index (χ4v) is 1.84. The summed E-state index contributed by atoms with van der Waals surface area (Å²) in [7, 11) is 0. The topological polar surface area (TPSA) is 99.4 Å². The smallest absolute Gasteiger partial charge is 0.323 e. The summed E-state index contributed by atoms with van der Waals surface area (Å²) >= 11 is 0. The molecular formula is C13H15N3O4. The highest BCUT2D eigenvalue weighted by Gasteiger charge is 2.21. The standard InChI is InChI=1S/C13H15N3O4/c1-2-5-16(8-12(17)18)13(19)10-7-9(14-15-10)11-4-3-6-20-11/h3-4,6-7H,2,5,8H2,1H3,(H,14,15)(H,17,18). The predicted octanol–water partition coefficient (Wildman–Crippen LogP) is 1.61. The first-order valence-corrected chi connectivity index (χ1v) is 6.22. The number of aliphatic carboxylic acids is 1. The van der Waals surface area contributed by atoms with Crippen LogP contribution in [0.3, 0.4) is 0 Å². The molecule has 7 nitrogen and oxygen atoms in total. The van der Waals surface area contributed by atoms with E-state index in [0.29, 0.717) is 24.4 Å². The van der Waals surface area contributed by atoms with Crippen molar-refractivity contribution in [3.05, 3.63) is 30.2 Å². The van der Waals surface area contributed by atoms with Crippen LogP contribution in [0.2, 0.25) is 0 Å². The number of carbonyl (C=O) groups excluding carboxylic acids is 1. The first-order chi connectivity index (χ1) is 9.61. The third-order valence-corrected chi connectivity index (χ3v) is 2.69. The van der Waals surface area contributed by atoms with Crippen molar-refractivity contribution in [3.63, 3.8) is 0 Å². The molecule has 0 saturated carbocycles. The molecule has 0 aromatic carbocycles. The molecule has 0 bridgehead atoms. The van der Waals surface area contributed by atoms with Gasteiger partial charge in [-0.2, -0.15) is 5.10 Å². The summed E-state index contributed by atoms with van der Waals surface area (Å²) in [5.41, 5.74) is 0.747. The van der Waals surface area contributed by atoms with Gasteiger partial charge in [0.25, 0.3) is 5.91 Å². The lowest BCUT2D eigenvalue weighted by atomic mass is 10.2. The third-order valence-electron chi connectivity index (χ3n) is 2.69. The molecule has 0 radical (unpaired) electrons. The number of H-pyrrole nitrogens is 1. The summed E-state index contributed by atoms with van der Waals surface area (Å²) in [5.74, 6) is -0.895. The molecule has 0 spiro atoms. The van der Waals surface area contributed by atoms with Crippen molar-refractivity contribution in [2.45, 2.75) is 13.3 Å². The molecule has 0 aliphatic heterocycles. The maximum atomic E-state index is 12.2. The minimum Gasteiger partial charge on any atom is -0.480 e. The first kappa shape index (κ1) is 13.9. The lowest BCUT2D eigenvalue weighted by Crippen LogP contribution is -2.36. The van der Waals surface area contributed by atoms with Gasteiger partial charge in [-0.1, -0.05) is 6.92 Å². The Morgan fingerprint density at radius 1 is 1.50 bits per heavy atom. The number of nitrogens with one attached hydrogen (secondary N) is 1. The summed E-state index contributed by atoms with van der Waals surface area (Å²) in [6, 6.07) is 5.01. The molecule has 106 valence electrons. The Balaban J connectivity index is 2.17. The Morgan fingerprint density at radius 3 is 2.90 bits per heavy atom. The summed E-state index contributed by atoms with van der Waals surface area (Å²) < 4.78 is 5.19. The molecule has 0 aliphatic carbocycles. The van der Waals surface area contributed by atoms with Crippen molar-refractivity contribution < 1.29 is 19.1 Å². The largest absolute Gasteiger partial charge is 0.480 e. The van der Waals surface area contributed by atoms with E-state index in [1.165, 1.54) is 11.2 Å². The molecular weight excluding hydrogens is 262 g/mol. The van der Waals surface area contributed by atoms with Gasteiger partial charge in [0.2, 0.25) is 0 Å². The van der Waals surface area contributed by atoms with Crippen molar-refractivity contribution in [2.24, 2.45) is 0 Å². The minimum absolute atomic E-state index is 0.172. The van der Waals surface area contributed by atoms with Crippen LogP contribution in [0.15, 0.2) is 28.9 Å². The summed E-state index contributed by atoms with van der Waals surface area (Å²) in [6.07, 6.45) is 2.19. The monoisotopic (exact) mass is 277 g/mol. The van der Waals surface area contributed by atoms with Crippen LogP contribution in [0.5, 0.6) is 0 Å². The van der Waals surface area contributed by atoms with E-state index in [1.54, 1.807) is 18.2 Å². The van der Waals surface area contributed by atoms with Crippen LogP contribution in [0.25, 0.3) is 11.5 Å². The number of hydrogen-bond donors (Lipinski definition) is 2. The van der Waals surface area contributed by atoms with Crippen molar-refractivity contribution >= 4 is 11.9 Å². The quantitative estimate of drug-likeness (QED) is 0.835. The molecule has 1 amide bonds. The van der Waals surface area contributed by atoms with E-state index < -0.39 is 11.9 Å². The number of carbonyl (C=O) groups is 2. The van der Waals surface area contributed by atoms with E-state index >= 15 is 0 Å². The van der Waals surface area contributed by atoms with Gasteiger partial charge in [-0.25, -0.2) is 0 Å². The number of carboxylic acids is 1. The molecule has 7 heteroatoms. The van der Waals surface area contributed by atoms with Gasteiger partial charge in [0, 0.05) is 12.6 Å². The average Bonchev–Trinajstić information content (AvgIpc) is 3.07. The van der Waals surface area contributed by atoms with Crippen molar-refractivity contribution in [1.29, 1.82) is 0 Å². The third kappa shape index (κ3) is 3.05. The molecule has 2 rings (SSSR count). The zero-order valence-electron chi connectivity index (χ0n) is 11.0. The Bertz CT molecular complexity index is 589. The molecule has 0 unspecified atom stereocenters. The van der Waals surface area contributed by atoms with Crippen LogP contribution in [0.4, 0.5) is 0 Å². The minimum atomic E-state index is -1.05. The van der Waals surface area contributed by atoms with Crippen LogP contribution < -0.4 is 0 Å². The second kappa shape index (κ2) is 6.05. The molecule has 2 N–H and O–H groups in total. The highest BCUT2D eigenvalue weighted by Crippen LogP contribution is 2.18. The van der Waals surface area contributed by atoms with Gasteiger partial charge >= 0.3 is 5.97 Å². The van der Waals surface area contributed by atoms with Gasteiger partial charge < -0.3 is 14.4 Å². The van der Waals surface area contributed by atoms with Crippen LogP contribution in [0.1, 0.15) is 23.8 Å². The summed E-state index contributed by atoms with van der Waals surface area (Å²) in [4.78, 5) is 24.2. The van der Waals surface area contributed by atoms with Crippen LogP contribution in [-0.2, 0) is 4.79 Å². The Labute approximate surface area is 115 Å². The van der Waals surface area contributed by atoms with Gasteiger partial charge in [0.05, 0.1) is 6.26 Å². The number of carboxylic acid groups (broad SMARTS) is 1. The van der Waals surface area contributed by atoms with E-state index in [-0.39, 0.29) is 12.2 Å². The lowest BCUT2D eigenvalue weighted by Gasteiger charge is -2.18. The van der Waals surface area contributed by atoms with Gasteiger partial charge in [-0.3, -0.25) is 14.7 Å². The molecule has 2 aromatic heterocycles. The summed E-state index contributed by atoms with van der Waals surface area (Å²) in [5, 5.41) is 15.4. The average molecular weight is 277 g/mol. The number of amides is 1. The Kier molecular flexibility index (Phi) is 4.19. The molecule has 2 aromatic rings. The molecule has 0 saturated heterocycles. The van der Waals surface area contributed by atoms with Crippen molar-refractivity contribution in [3.8, 4) is 11.5 Å². The maximum Gasteiger partial charge on any atom is 0.323 e. The second-order valence-corrected chi connectivity index (χ2v) is 4.26. The molecule has 0 fully saturated rings. The zero-order valence-corrected chi connectivity index (χ0v) is 11.0. The fraction of sp³-hybridized carbons (Fsp3) is 0.308. The van der Waals surface area contributed by atoms with Crippen molar-refractivity contribution in [1.82, 2.24) is 15.1 Å². The first-order valence-electron chi connectivity index (χ1n) is 6.22. The van der Waals surface area contributed by atoms with Crippen LogP contribution in [0, 0.1) is 0 Å². The molecule has 0 atom stereocenters. The van der Waals surface area contributed by atoms with Gasteiger partial charge in [0.1, 0.15) is 12.2 Å². The number of aromatic amines is 1. The van der Waals surface area contributed by atoms with E-state index in [9.17, 15) is 9.59 Å². The number of furan rings is 1. The van der Waals surface area contributed by atoms with E-state index in [2.05, 4.69) is 10.2 Å². The Hall–Kier alpha value is -2.57. The van der Waals surface area contributed by atoms with E-state index in [1.807, 2.05) is 6.92 Å². The van der Waals surface area contributed by atoms with E-state index in [0.717, 1.165) is 0 Å². The van der Waals surface area contributed by atoms with E-state index in [4.69, 9.17) is 9.52 Å². The SMILES string of the molecule is CCCN(CC(=O)O)C(=O)c1cc(-c2ccco2)[nH]n1. The van der Waals surface area contributed by atoms with Crippen molar-refractivity contribution in [2.75, 3.05) is 13.1 Å². The number of rotatable bonds is 6. The normalized spacial score (nSPS) is 10.4. The lowest BCUT2D eigenvalue weighted by molar-refractivity contribution is -0.137.